The fourth-order valence-corrected chi connectivity index (χ4v) is 1.56. The lowest BCUT2D eigenvalue weighted by molar-refractivity contribution is 0.794. The average molecular weight is 221 g/mol. The summed E-state index contributed by atoms with van der Waals surface area (Å²) in [5.74, 6) is 6.77. The van der Waals surface area contributed by atoms with Crippen LogP contribution in [0.3, 0.4) is 0 Å². The Balaban J connectivity index is 2.73. The van der Waals surface area contributed by atoms with Crippen molar-refractivity contribution in [2.24, 2.45) is 0 Å². The van der Waals surface area contributed by atoms with Crippen LogP contribution in [0, 0.1) is 18.8 Å². The van der Waals surface area contributed by atoms with Gasteiger partial charge in [0.05, 0.1) is 0 Å². The van der Waals surface area contributed by atoms with Crippen LogP contribution in [-0.4, -0.2) is 0 Å². The second-order valence-electron chi connectivity index (χ2n) is 3.82. The summed E-state index contributed by atoms with van der Waals surface area (Å²) in [4.78, 5) is 0. The minimum Gasteiger partial charge on any atom is -0.104 e. The van der Waals surface area contributed by atoms with Crippen LogP contribution in [0.2, 0.25) is 5.02 Å². The van der Waals surface area contributed by atoms with Gasteiger partial charge < -0.3 is 0 Å². The molecule has 1 atom stereocenters. The molecule has 1 rings (SSSR count). The van der Waals surface area contributed by atoms with Crippen molar-refractivity contribution in [2.45, 2.75) is 39.5 Å². The molecule has 0 spiro atoms. The first-order chi connectivity index (χ1) is 7.15. The van der Waals surface area contributed by atoms with Crippen LogP contribution in [-0.2, 0) is 0 Å². The normalized spacial score (nSPS) is 11.7. The van der Waals surface area contributed by atoms with E-state index < -0.39 is 0 Å². The van der Waals surface area contributed by atoms with E-state index in [1.54, 1.807) is 0 Å². The highest BCUT2D eigenvalue weighted by molar-refractivity contribution is 6.31. The second kappa shape index (κ2) is 5.83. The molecular weight excluding hydrogens is 204 g/mol. The van der Waals surface area contributed by atoms with Gasteiger partial charge >= 0.3 is 0 Å². The Morgan fingerprint density at radius 3 is 2.67 bits per heavy atom. The van der Waals surface area contributed by atoms with Crippen molar-refractivity contribution in [1.82, 2.24) is 0 Å². The molecule has 0 bridgehead atoms. The minimum atomic E-state index is 0.486. The van der Waals surface area contributed by atoms with Gasteiger partial charge in [-0.3, -0.25) is 0 Å². The van der Waals surface area contributed by atoms with E-state index in [2.05, 4.69) is 37.8 Å². The van der Waals surface area contributed by atoms with Crippen LogP contribution in [0.4, 0.5) is 0 Å². The number of benzene rings is 1. The number of halogens is 1. The van der Waals surface area contributed by atoms with Crippen molar-refractivity contribution in [3.8, 4) is 11.8 Å². The standard InChI is InChI=1S/C14H17Cl/c1-4-5-6-7-11(2)13-8-9-14(15)12(3)10-13/h8-11H,4,7H2,1-3H3. The fraction of sp³-hybridized carbons (Fsp3) is 0.429. The number of hydrogen-bond acceptors (Lipinski definition) is 0. The van der Waals surface area contributed by atoms with Gasteiger partial charge in [0.25, 0.3) is 0 Å². The third-order valence-corrected chi connectivity index (χ3v) is 2.89. The molecule has 1 aromatic carbocycles. The van der Waals surface area contributed by atoms with Gasteiger partial charge in [-0.05, 0) is 30.0 Å². The molecule has 0 aromatic heterocycles. The molecule has 1 unspecified atom stereocenters. The molecule has 0 saturated carbocycles. The molecule has 0 fully saturated rings. The van der Waals surface area contributed by atoms with E-state index in [-0.39, 0.29) is 0 Å². The van der Waals surface area contributed by atoms with Gasteiger partial charge in [-0.15, -0.1) is 11.8 Å². The van der Waals surface area contributed by atoms with Gasteiger partial charge in [-0.1, -0.05) is 37.6 Å². The summed E-state index contributed by atoms with van der Waals surface area (Å²) in [6.07, 6.45) is 1.86. The number of hydrogen-bond donors (Lipinski definition) is 0. The van der Waals surface area contributed by atoms with E-state index in [0.717, 1.165) is 23.4 Å². The van der Waals surface area contributed by atoms with Crippen LogP contribution in [0.15, 0.2) is 18.2 Å². The quantitative estimate of drug-likeness (QED) is 0.642. The first kappa shape index (κ1) is 12.1. The fourth-order valence-electron chi connectivity index (χ4n) is 1.44. The maximum absolute atomic E-state index is 5.98. The monoisotopic (exact) mass is 220 g/mol. The average Bonchev–Trinajstić information content (AvgIpc) is 2.22. The van der Waals surface area contributed by atoms with Crippen molar-refractivity contribution in [3.63, 3.8) is 0 Å². The first-order valence-electron chi connectivity index (χ1n) is 5.37. The molecule has 0 radical (unpaired) electrons. The molecular formula is C14H17Cl. The molecule has 15 heavy (non-hydrogen) atoms. The lowest BCUT2D eigenvalue weighted by atomic mass is 9.96. The van der Waals surface area contributed by atoms with E-state index in [9.17, 15) is 0 Å². The lowest BCUT2D eigenvalue weighted by Crippen LogP contribution is -1.92. The molecule has 0 heterocycles. The summed E-state index contributed by atoms with van der Waals surface area (Å²) in [5.41, 5.74) is 2.46. The Morgan fingerprint density at radius 2 is 2.07 bits per heavy atom. The minimum absolute atomic E-state index is 0.486. The van der Waals surface area contributed by atoms with E-state index in [1.165, 1.54) is 5.56 Å². The van der Waals surface area contributed by atoms with E-state index in [4.69, 9.17) is 11.6 Å². The largest absolute Gasteiger partial charge is 0.104 e. The number of rotatable bonds is 2. The van der Waals surface area contributed by atoms with Crippen LogP contribution < -0.4 is 0 Å². The van der Waals surface area contributed by atoms with Crippen molar-refractivity contribution in [2.75, 3.05) is 0 Å². The first-order valence-corrected chi connectivity index (χ1v) is 5.74. The molecule has 0 aliphatic carbocycles. The zero-order valence-corrected chi connectivity index (χ0v) is 10.4. The third kappa shape index (κ3) is 3.61. The van der Waals surface area contributed by atoms with E-state index in [0.29, 0.717) is 5.92 Å². The van der Waals surface area contributed by atoms with Crippen molar-refractivity contribution in [3.05, 3.63) is 34.3 Å². The molecule has 0 saturated heterocycles. The second-order valence-corrected chi connectivity index (χ2v) is 4.23. The number of aryl methyl sites for hydroxylation is 1. The topological polar surface area (TPSA) is 0 Å². The predicted molar refractivity (Wildman–Crippen MR) is 67.3 cm³/mol. The van der Waals surface area contributed by atoms with Gasteiger partial charge in [-0.25, -0.2) is 0 Å². The zero-order valence-electron chi connectivity index (χ0n) is 9.60. The Hall–Kier alpha value is -0.930. The molecule has 0 aliphatic heterocycles. The molecule has 0 N–H and O–H groups in total. The maximum atomic E-state index is 5.98. The van der Waals surface area contributed by atoms with Gasteiger partial charge in [0, 0.05) is 17.9 Å². The lowest BCUT2D eigenvalue weighted by Gasteiger charge is -2.09. The summed E-state index contributed by atoms with van der Waals surface area (Å²) in [6.45, 7) is 6.31. The van der Waals surface area contributed by atoms with Crippen LogP contribution in [0.1, 0.15) is 43.7 Å². The van der Waals surface area contributed by atoms with Crippen LogP contribution >= 0.6 is 11.6 Å². The summed E-state index contributed by atoms with van der Waals surface area (Å²) < 4.78 is 0. The van der Waals surface area contributed by atoms with Gasteiger partial charge in [-0.2, -0.15) is 0 Å². The molecule has 0 nitrogen and oxygen atoms in total. The summed E-state index contributed by atoms with van der Waals surface area (Å²) in [6, 6.07) is 6.21. The van der Waals surface area contributed by atoms with Crippen LogP contribution in [0.5, 0.6) is 0 Å². The highest BCUT2D eigenvalue weighted by Crippen LogP contribution is 2.23. The molecule has 1 aromatic rings. The molecule has 0 amide bonds. The maximum Gasteiger partial charge on any atom is 0.0435 e. The molecule has 80 valence electrons. The van der Waals surface area contributed by atoms with Crippen molar-refractivity contribution >= 4 is 11.6 Å². The van der Waals surface area contributed by atoms with Gasteiger partial charge in [0.2, 0.25) is 0 Å². The smallest absolute Gasteiger partial charge is 0.0435 e. The Morgan fingerprint density at radius 1 is 1.33 bits per heavy atom. The summed E-state index contributed by atoms with van der Waals surface area (Å²) >= 11 is 5.98. The van der Waals surface area contributed by atoms with Crippen molar-refractivity contribution < 1.29 is 0 Å². The highest BCUT2D eigenvalue weighted by atomic mass is 35.5. The van der Waals surface area contributed by atoms with Crippen molar-refractivity contribution in [1.29, 1.82) is 0 Å². The summed E-state index contributed by atoms with van der Waals surface area (Å²) in [7, 11) is 0. The SMILES string of the molecule is CCC#CCC(C)c1ccc(Cl)c(C)c1. The molecule has 1 heteroatoms. The van der Waals surface area contributed by atoms with E-state index >= 15 is 0 Å². The zero-order chi connectivity index (χ0) is 11.3. The molecule has 0 aliphatic rings. The third-order valence-electron chi connectivity index (χ3n) is 2.46. The Bertz CT molecular complexity index is 382. The van der Waals surface area contributed by atoms with Crippen LogP contribution in [0.25, 0.3) is 0 Å². The summed E-state index contributed by atoms with van der Waals surface area (Å²) in [5, 5.41) is 0.839. The van der Waals surface area contributed by atoms with Gasteiger partial charge in [0.1, 0.15) is 0 Å². The predicted octanol–water partition coefficient (Wildman–Crippen LogP) is 4.56. The Labute approximate surface area is 97.7 Å². The van der Waals surface area contributed by atoms with Gasteiger partial charge in [0.15, 0.2) is 0 Å². The Kier molecular flexibility index (Phi) is 4.72. The van der Waals surface area contributed by atoms with E-state index in [1.807, 2.05) is 13.0 Å². The highest BCUT2D eigenvalue weighted by Gasteiger charge is 2.05.